The highest BCUT2D eigenvalue weighted by Gasteiger charge is 2.37. The molecule has 1 fully saturated rings. The third-order valence-corrected chi connectivity index (χ3v) is 5.13. The van der Waals surface area contributed by atoms with E-state index in [-0.39, 0.29) is 29.0 Å². The quantitative estimate of drug-likeness (QED) is 0.823. The topological polar surface area (TPSA) is 15.3 Å². The highest BCUT2D eigenvalue weighted by molar-refractivity contribution is 8.00. The van der Waals surface area contributed by atoms with Crippen LogP contribution in [0.3, 0.4) is 0 Å². The Kier molecular flexibility index (Phi) is 6.87. The molecule has 0 saturated carbocycles. The lowest BCUT2D eigenvalue weighted by molar-refractivity contribution is -0.0331. The predicted molar refractivity (Wildman–Crippen MR) is 84.6 cm³/mol. The van der Waals surface area contributed by atoms with E-state index in [4.69, 9.17) is 0 Å². The summed E-state index contributed by atoms with van der Waals surface area (Å²) < 4.78 is 37.0. The Balaban J connectivity index is 2.65. The molecule has 1 aliphatic heterocycles. The van der Waals surface area contributed by atoms with Gasteiger partial charge >= 0.3 is 5.51 Å². The summed E-state index contributed by atoms with van der Waals surface area (Å²) in [6.07, 6.45) is 1.09. The molecule has 3 atom stereocenters. The molecule has 0 aromatic heterocycles. The molecule has 0 radical (unpaired) electrons. The van der Waals surface area contributed by atoms with Crippen LogP contribution in [0.1, 0.15) is 41.0 Å². The number of piperazine rings is 1. The molecule has 1 heterocycles. The molecular formula is C15H29F3N2S. The van der Waals surface area contributed by atoms with Crippen LogP contribution in [-0.4, -0.2) is 47.9 Å². The van der Waals surface area contributed by atoms with Crippen LogP contribution < -0.4 is 5.32 Å². The summed E-state index contributed by atoms with van der Waals surface area (Å²) in [6, 6.07) is 0.663. The molecule has 1 rings (SSSR count). The monoisotopic (exact) mass is 326 g/mol. The van der Waals surface area contributed by atoms with Gasteiger partial charge in [-0.05, 0) is 23.1 Å². The zero-order valence-electron chi connectivity index (χ0n) is 13.8. The van der Waals surface area contributed by atoms with Crippen LogP contribution in [0.4, 0.5) is 13.2 Å². The third kappa shape index (κ3) is 6.37. The maximum Gasteiger partial charge on any atom is 0.441 e. The van der Waals surface area contributed by atoms with Crippen molar-refractivity contribution in [2.75, 3.05) is 25.4 Å². The Morgan fingerprint density at radius 2 is 1.90 bits per heavy atom. The van der Waals surface area contributed by atoms with E-state index in [9.17, 15) is 13.2 Å². The molecule has 3 unspecified atom stereocenters. The van der Waals surface area contributed by atoms with Gasteiger partial charge in [-0.25, -0.2) is 0 Å². The van der Waals surface area contributed by atoms with E-state index >= 15 is 0 Å². The van der Waals surface area contributed by atoms with Gasteiger partial charge in [-0.2, -0.15) is 13.2 Å². The van der Waals surface area contributed by atoms with E-state index in [0.29, 0.717) is 18.5 Å². The van der Waals surface area contributed by atoms with E-state index in [1.165, 1.54) is 0 Å². The van der Waals surface area contributed by atoms with Gasteiger partial charge in [-0.15, -0.1) is 0 Å². The minimum absolute atomic E-state index is 0.0658. The second-order valence-electron chi connectivity index (χ2n) is 7.07. The number of nitrogens with one attached hydrogen (secondary N) is 1. The molecule has 0 aromatic carbocycles. The van der Waals surface area contributed by atoms with Gasteiger partial charge in [0.1, 0.15) is 0 Å². The fourth-order valence-corrected chi connectivity index (χ4v) is 3.44. The number of thioether (sulfide) groups is 1. The Labute approximate surface area is 131 Å². The van der Waals surface area contributed by atoms with Crippen molar-refractivity contribution in [2.45, 2.75) is 58.6 Å². The van der Waals surface area contributed by atoms with Crippen LogP contribution in [0.25, 0.3) is 0 Å². The van der Waals surface area contributed by atoms with E-state index in [2.05, 4.69) is 44.8 Å². The van der Waals surface area contributed by atoms with Crippen molar-refractivity contribution >= 4 is 11.8 Å². The Hall–Kier alpha value is 0.0600. The van der Waals surface area contributed by atoms with Gasteiger partial charge in [0.25, 0.3) is 0 Å². The van der Waals surface area contributed by atoms with Gasteiger partial charge in [0.05, 0.1) is 0 Å². The van der Waals surface area contributed by atoms with Gasteiger partial charge in [0.15, 0.2) is 0 Å². The molecule has 0 spiro atoms. The lowest BCUT2D eigenvalue weighted by atomic mass is 9.82. The van der Waals surface area contributed by atoms with Crippen molar-refractivity contribution in [1.82, 2.24) is 10.2 Å². The first-order valence-electron chi connectivity index (χ1n) is 7.72. The van der Waals surface area contributed by atoms with Crippen molar-refractivity contribution in [3.8, 4) is 0 Å². The van der Waals surface area contributed by atoms with E-state index in [1.807, 2.05) is 0 Å². The molecule has 6 heteroatoms. The van der Waals surface area contributed by atoms with Gasteiger partial charge in [-0.3, -0.25) is 4.90 Å². The molecule has 2 nitrogen and oxygen atoms in total. The summed E-state index contributed by atoms with van der Waals surface area (Å²) in [4.78, 5) is 2.26. The van der Waals surface area contributed by atoms with E-state index in [1.54, 1.807) is 0 Å². The zero-order chi connectivity index (χ0) is 16.3. The molecule has 1 N–H and O–H groups in total. The molecule has 0 aliphatic carbocycles. The number of rotatable bonds is 5. The first-order chi connectivity index (χ1) is 9.54. The lowest BCUT2D eigenvalue weighted by Crippen LogP contribution is -2.62. The molecule has 0 amide bonds. The second-order valence-corrected chi connectivity index (χ2v) is 8.23. The summed E-state index contributed by atoms with van der Waals surface area (Å²) >= 11 is 0.0932. The maximum atomic E-state index is 12.3. The summed E-state index contributed by atoms with van der Waals surface area (Å²) in [5, 5.41) is 3.59. The zero-order valence-corrected chi connectivity index (χ0v) is 14.6. The van der Waals surface area contributed by atoms with E-state index in [0.717, 1.165) is 19.5 Å². The number of nitrogens with zero attached hydrogens (tertiary/aromatic N) is 1. The van der Waals surface area contributed by atoms with Crippen molar-refractivity contribution in [1.29, 1.82) is 0 Å². The van der Waals surface area contributed by atoms with Crippen molar-refractivity contribution < 1.29 is 13.2 Å². The summed E-state index contributed by atoms with van der Waals surface area (Å²) in [5.74, 6) is 0.659. The minimum Gasteiger partial charge on any atom is -0.311 e. The molecule has 0 aromatic rings. The summed E-state index contributed by atoms with van der Waals surface area (Å²) in [7, 11) is 0. The lowest BCUT2D eigenvalue weighted by Gasteiger charge is -2.47. The number of alkyl halides is 3. The molecule has 0 bridgehead atoms. The summed E-state index contributed by atoms with van der Waals surface area (Å²) in [5.41, 5.74) is -4.06. The first-order valence-corrected chi connectivity index (χ1v) is 8.71. The van der Waals surface area contributed by atoms with Gasteiger partial charge in [-0.1, -0.05) is 41.0 Å². The minimum atomic E-state index is -4.12. The van der Waals surface area contributed by atoms with Crippen LogP contribution in [0.5, 0.6) is 0 Å². The third-order valence-electron chi connectivity index (χ3n) is 4.42. The average Bonchev–Trinajstić information content (AvgIpc) is 2.34. The predicted octanol–water partition coefficient (Wildman–Crippen LogP) is 3.97. The fourth-order valence-electron chi connectivity index (χ4n) is 2.88. The molecule has 21 heavy (non-hydrogen) atoms. The summed E-state index contributed by atoms with van der Waals surface area (Å²) in [6.45, 7) is 13.0. The largest absolute Gasteiger partial charge is 0.441 e. The van der Waals surface area contributed by atoms with Crippen LogP contribution >= 0.6 is 11.8 Å². The Bertz CT molecular complexity index is 315. The highest BCUT2D eigenvalue weighted by atomic mass is 32.2. The Morgan fingerprint density at radius 1 is 1.29 bits per heavy atom. The fraction of sp³-hybridized carbons (Fsp3) is 1.00. The molecule has 126 valence electrons. The smallest absolute Gasteiger partial charge is 0.311 e. The van der Waals surface area contributed by atoms with Gasteiger partial charge in [0.2, 0.25) is 0 Å². The standard InChI is InChI=1S/C15H29F3N2S/c1-6-11(2)12-10-20(7-8-21-15(16,17)18)13(9-19-12)14(3,4)5/h11-13,19H,6-10H2,1-5H3. The first kappa shape index (κ1) is 19.1. The van der Waals surface area contributed by atoms with Crippen molar-refractivity contribution in [3.63, 3.8) is 0 Å². The number of halogens is 3. The normalized spacial score (nSPS) is 26.9. The van der Waals surface area contributed by atoms with Gasteiger partial charge in [0, 0.05) is 37.5 Å². The number of hydrogen-bond acceptors (Lipinski definition) is 3. The maximum absolute atomic E-state index is 12.3. The average molecular weight is 326 g/mol. The van der Waals surface area contributed by atoms with Crippen molar-refractivity contribution in [2.24, 2.45) is 11.3 Å². The molecule has 1 aliphatic rings. The highest BCUT2D eigenvalue weighted by Crippen LogP contribution is 2.32. The van der Waals surface area contributed by atoms with Crippen LogP contribution in [0, 0.1) is 11.3 Å². The van der Waals surface area contributed by atoms with Crippen LogP contribution in [0.2, 0.25) is 0 Å². The van der Waals surface area contributed by atoms with Crippen LogP contribution in [-0.2, 0) is 0 Å². The van der Waals surface area contributed by atoms with Crippen molar-refractivity contribution in [3.05, 3.63) is 0 Å². The Morgan fingerprint density at radius 3 is 2.38 bits per heavy atom. The SMILES string of the molecule is CCC(C)C1CN(CCSC(F)(F)F)C(C(C)(C)C)CN1. The van der Waals surface area contributed by atoms with E-state index < -0.39 is 5.51 Å². The molecule has 1 saturated heterocycles. The second kappa shape index (κ2) is 7.55. The van der Waals surface area contributed by atoms with Gasteiger partial charge < -0.3 is 5.32 Å². The number of hydrogen-bond donors (Lipinski definition) is 1. The molecular weight excluding hydrogens is 297 g/mol. The van der Waals surface area contributed by atoms with Crippen LogP contribution in [0.15, 0.2) is 0 Å².